The van der Waals surface area contributed by atoms with Crippen LogP contribution in [0.4, 0.5) is 0 Å². The van der Waals surface area contributed by atoms with E-state index in [1.165, 1.54) is 5.98 Å². The zero-order chi connectivity index (χ0) is 6.57. The van der Waals surface area contributed by atoms with E-state index in [0.717, 1.165) is 0 Å². The third-order valence-electron chi connectivity index (χ3n) is 0.613. The fourth-order valence-corrected chi connectivity index (χ4v) is 0.334. The maximum atomic E-state index is 8.69. The maximum Gasteiger partial charge on any atom is 0.482 e. The molecule has 2 nitrogen and oxygen atoms in total. The molecule has 0 atom stereocenters. The van der Waals surface area contributed by atoms with Gasteiger partial charge in [0.2, 0.25) is 0 Å². The van der Waals surface area contributed by atoms with E-state index < -0.39 is 7.12 Å². The highest BCUT2D eigenvalue weighted by molar-refractivity contribution is 6.48. The van der Waals surface area contributed by atoms with Crippen molar-refractivity contribution in [2.45, 2.75) is 20.0 Å². The van der Waals surface area contributed by atoms with Crippen molar-refractivity contribution in [1.29, 1.82) is 0 Å². The van der Waals surface area contributed by atoms with E-state index in [-0.39, 0.29) is 6.10 Å². The quantitative estimate of drug-likeness (QED) is 0.545. The summed E-state index contributed by atoms with van der Waals surface area (Å²) in [7, 11) is -0.810. The molecule has 0 aliphatic rings. The highest BCUT2D eigenvalue weighted by atomic mass is 16.5. The first kappa shape index (κ1) is 7.72. The van der Waals surface area contributed by atoms with Crippen molar-refractivity contribution in [3.63, 3.8) is 0 Å². The molecular weight excluding hydrogens is 103 g/mol. The van der Waals surface area contributed by atoms with E-state index >= 15 is 0 Å². The van der Waals surface area contributed by atoms with Crippen molar-refractivity contribution >= 4 is 7.12 Å². The molecule has 0 amide bonds. The highest BCUT2D eigenvalue weighted by Crippen LogP contribution is 1.89. The molecule has 0 unspecified atom stereocenters. The number of hydrogen-bond donors (Lipinski definition) is 1. The Balaban J connectivity index is 3.23. The molecule has 0 bridgehead atoms. The lowest BCUT2D eigenvalue weighted by atomic mass is 9.92. The van der Waals surface area contributed by atoms with Gasteiger partial charge in [0.25, 0.3) is 0 Å². The van der Waals surface area contributed by atoms with Crippen molar-refractivity contribution in [1.82, 2.24) is 0 Å². The van der Waals surface area contributed by atoms with Gasteiger partial charge in [0.05, 0.1) is 0 Å². The van der Waals surface area contributed by atoms with Crippen LogP contribution in [0.2, 0.25) is 0 Å². The average Bonchev–Trinajstić information content (AvgIpc) is 1.65. The largest absolute Gasteiger partial charge is 0.482 e. The van der Waals surface area contributed by atoms with Crippen LogP contribution >= 0.6 is 0 Å². The zero-order valence-electron chi connectivity index (χ0n) is 5.29. The van der Waals surface area contributed by atoms with Crippen LogP contribution in [0.3, 0.4) is 0 Å². The molecule has 0 spiro atoms. The summed E-state index contributed by atoms with van der Waals surface area (Å²) in [6, 6.07) is 0. The van der Waals surface area contributed by atoms with E-state index in [2.05, 4.69) is 6.58 Å². The van der Waals surface area contributed by atoms with Crippen molar-refractivity contribution in [3.8, 4) is 0 Å². The summed E-state index contributed by atoms with van der Waals surface area (Å²) in [5.41, 5.74) is 0. The van der Waals surface area contributed by atoms with Crippen LogP contribution in [0, 0.1) is 0 Å². The van der Waals surface area contributed by atoms with E-state index in [1.54, 1.807) is 0 Å². The Kier molecular flexibility index (Phi) is 3.57. The second-order valence-electron chi connectivity index (χ2n) is 1.81. The molecule has 1 N–H and O–H groups in total. The Morgan fingerprint density at radius 3 is 2.38 bits per heavy atom. The van der Waals surface area contributed by atoms with E-state index in [4.69, 9.17) is 9.68 Å². The first-order valence-electron chi connectivity index (χ1n) is 2.63. The van der Waals surface area contributed by atoms with Gasteiger partial charge in [-0.3, -0.25) is 0 Å². The summed E-state index contributed by atoms with van der Waals surface area (Å²) in [6.45, 7) is 7.05. The lowest BCUT2D eigenvalue weighted by Crippen LogP contribution is -2.19. The van der Waals surface area contributed by atoms with Crippen LogP contribution in [-0.4, -0.2) is 18.2 Å². The first-order valence-corrected chi connectivity index (χ1v) is 2.63. The molecule has 0 aromatic rings. The second-order valence-corrected chi connectivity index (χ2v) is 1.81. The molecule has 0 rings (SSSR count). The van der Waals surface area contributed by atoms with E-state index in [9.17, 15) is 0 Å². The predicted octanol–water partition coefficient (Wildman–Crippen LogP) is 0.617. The molecule has 0 aromatic carbocycles. The molecule has 0 fully saturated rings. The molecule has 0 heterocycles. The Hall–Kier alpha value is -0.275. The monoisotopic (exact) mass is 114 g/mol. The molecule has 0 saturated heterocycles. The Bertz CT molecular complexity index is 72.8. The summed E-state index contributed by atoms with van der Waals surface area (Å²) in [4.78, 5) is 0. The minimum absolute atomic E-state index is 0.0583. The second kappa shape index (κ2) is 3.69. The number of rotatable bonds is 3. The SMILES string of the molecule is C=CB(O)OC(C)C. The summed E-state index contributed by atoms with van der Waals surface area (Å²) < 4.78 is 4.84. The van der Waals surface area contributed by atoms with Gasteiger partial charge in [-0.05, 0) is 13.8 Å². The minimum Gasteiger partial charge on any atom is -0.423 e. The molecule has 0 saturated carbocycles. The van der Waals surface area contributed by atoms with Gasteiger partial charge in [-0.2, -0.15) is 0 Å². The molecule has 0 radical (unpaired) electrons. The number of hydrogen-bond acceptors (Lipinski definition) is 2. The molecule has 3 heteroatoms. The van der Waals surface area contributed by atoms with Crippen molar-refractivity contribution < 1.29 is 9.68 Å². The van der Waals surface area contributed by atoms with Crippen molar-refractivity contribution in [3.05, 3.63) is 12.6 Å². The summed E-state index contributed by atoms with van der Waals surface area (Å²) >= 11 is 0. The van der Waals surface area contributed by atoms with Crippen LogP contribution in [0.25, 0.3) is 0 Å². The van der Waals surface area contributed by atoms with Crippen LogP contribution < -0.4 is 0 Å². The first-order chi connectivity index (χ1) is 3.66. The predicted molar refractivity (Wildman–Crippen MR) is 34.4 cm³/mol. The third kappa shape index (κ3) is 3.90. The molecule has 46 valence electrons. The molecule has 0 aromatic heterocycles. The van der Waals surface area contributed by atoms with E-state index in [0.29, 0.717) is 0 Å². The van der Waals surface area contributed by atoms with Gasteiger partial charge in [0.15, 0.2) is 0 Å². The van der Waals surface area contributed by atoms with Gasteiger partial charge >= 0.3 is 7.12 Å². The Morgan fingerprint density at radius 2 is 2.25 bits per heavy atom. The van der Waals surface area contributed by atoms with Crippen molar-refractivity contribution in [2.75, 3.05) is 0 Å². The minimum atomic E-state index is -0.810. The Labute approximate surface area is 50.3 Å². The molecule has 0 aliphatic carbocycles. The van der Waals surface area contributed by atoms with Crippen molar-refractivity contribution in [2.24, 2.45) is 0 Å². The highest BCUT2D eigenvalue weighted by Gasteiger charge is 2.07. The van der Waals surface area contributed by atoms with Gasteiger partial charge in [-0.1, -0.05) is 5.98 Å². The summed E-state index contributed by atoms with van der Waals surface area (Å²) in [5, 5.41) is 8.69. The zero-order valence-corrected chi connectivity index (χ0v) is 5.29. The van der Waals surface area contributed by atoms with Crippen LogP contribution in [0.1, 0.15) is 13.8 Å². The van der Waals surface area contributed by atoms with Gasteiger partial charge < -0.3 is 9.68 Å². The summed E-state index contributed by atoms with van der Waals surface area (Å²) in [5.74, 6) is 1.35. The van der Waals surface area contributed by atoms with Gasteiger partial charge in [0.1, 0.15) is 0 Å². The topological polar surface area (TPSA) is 29.5 Å². The molecular formula is C5H11BO2. The van der Waals surface area contributed by atoms with Crippen LogP contribution in [-0.2, 0) is 4.65 Å². The van der Waals surface area contributed by atoms with Gasteiger partial charge in [-0.25, -0.2) is 0 Å². The van der Waals surface area contributed by atoms with Gasteiger partial charge in [0, 0.05) is 6.10 Å². The molecule has 0 aliphatic heterocycles. The smallest absolute Gasteiger partial charge is 0.423 e. The normalized spacial score (nSPS) is 9.50. The average molecular weight is 114 g/mol. The summed E-state index contributed by atoms with van der Waals surface area (Å²) in [6.07, 6.45) is 0.0583. The standard InChI is InChI=1S/C5H11BO2/c1-4-6(7)8-5(2)3/h4-5,7H,1H2,2-3H3. The fourth-order valence-electron chi connectivity index (χ4n) is 0.334. The lowest BCUT2D eigenvalue weighted by molar-refractivity contribution is 0.206. The third-order valence-corrected chi connectivity index (χ3v) is 0.613. The lowest BCUT2D eigenvalue weighted by Gasteiger charge is -2.05. The van der Waals surface area contributed by atoms with Crippen LogP contribution in [0.5, 0.6) is 0 Å². The van der Waals surface area contributed by atoms with Crippen LogP contribution in [0.15, 0.2) is 12.6 Å². The maximum absolute atomic E-state index is 8.69. The van der Waals surface area contributed by atoms with Gasteiger partial charge in [-0.15, -0.1) is 6.58 Å². The Morgan fingerprint density at radius 1 is 1.75 bits per heavy atom. The van der Waals surface area contributed by atoms with E-state index in [1.807, 2.05) is 13.8 Å². The molecule has 8 heavy (non-hydrogen) atoms. The fraction of sp³-hybridized carbons (Fsp3) is 0.600.